The first kappa shape index (κ1) is 9.45. The van der Waals surface area contributed by atoms with Gasteiger partial charge in [-0.3, -0.25) is 0 Å². The molecule has 0 spiro atoms. The molecule has 0 saturated carbocycles. The van der Waals surface area contributed by atoms with E-state index in [1.165, 1.54) is 0 Å². The van der Waals surface area contributed by atoms with Gasteiger partial charge in [0.05, 0.1) is 6.07 Å². The van der Waals surface area contributed by atoms with Crippen molar-refractivity contribution in [3.8, 4) is 6.07 Å². The summed E-state index contributed by atoms with van der Waals surface area (Å²) in [4.78, 5) is 0. The molecule has 1 atom stereocenters. The van der Waals surface area contributed by atoms with Gasteiger partial charge in [0.25, 0.3) is 0 Å². The molecule has 0 bridgehead atoms. The number of nitrogens with zero attached hydrogens (tertiary/aromatic N) is 1. The molecule has 2 nitrogen and oxygen atoms in total. The Kier molecular flexibility index (Phi) is 4.96. The van der Waals surface area contributed by atoms with E-state index in [4.69, 9.17) is 5.26 Å². The van der Waals surface area contributed by atoms with Gasteiger partial charge < -0.3 is 5.32 Å². The number of nitrogens with one attached hydrogen (secondary N) is 1. The largest absolute Gasteiger partial charge is 0.314 e. The van der Waals surface area contributed by atoms with Gasteiger partial charge in [-0.25, -0.2) is 0 Å². The molecule has 1 unspecified atom stereocenters. The number of hydrogen-bond acceptors (Lipinski definition) is 2. The summed E-state index contributed by atoms with van der Waals surface area (Å²) in [7, 11) is 0. The van der Waals surface area contributed by atoms with Crippen molar-refractivity contribution < 1.29 is 0 Å². The SMILES string of the molecule is CC(CC#N)CNC(C)C. The molecule has 0 aromatic heterocycles. The smallest absolute Gasteiger partial charge is 0.0625 e. The van der Waals surface area contributed by atoms with Crippen LogP contribution in [-0.2, 0) is 0 Å². The average molecular weight is 140 g/mol. The Balaban J connectivity index is 3.23. The number of nitriles is 1. The molecule has 0 rings (SSSR count). The summed E-state index contributed by atoms with van der Waals surface area (Å²) in [6, 6.07) is 2.68. The third-order valence-electron chi connectivity index (χ3n) is 1.31. The van der Waals surface area contributed by atoms with Crippen molar-refractivity contribution in [3.63, 3.8) is 0 Å². The molecule has 0 aliphatic heterocycles. The van der Waals surface area contributed by atoms with E-state index in [-0.39, 0.29) is 0 Å². The molecule has 2 heteroatoms. The molecule has 0 saturated heterocycles. The number of hydrogen-bond donors (Lipinski definition) is 1. The van der Waals surface area contributed by atoms with Crippen molar-refractivity contribution in [1.82, 2.24) is 5.32 Å². The Bertz CT molecular complexity index is 113. The first-order valence-corrected chi connectivity index (χ1v) is 3.77. The predicted molar refractivity (Wildman–Crippen MR) is 42.5 cm³/mol. The van der Waals surface area contributed by atoms with E-state index in [9.17, 15) is 0 Å². The molecule has 0 heterocycles. The van der Waals surface area contributed by atoms with Crippen molar-refractivity contribution in [2.45, 2.75) is 33.2 Å². The molecular weight excluding hydrogens is 124 g/mol. The zero-order valence-corrected chi connectivity index (χ0v) is 7.02. The van der Waals surface area contributed by atoms with Crippen molar-refractivity contribution in [2.24, 2.45) is 5.92 Å². The van der Waals surface area contributed by atoms with Crippen LogP contribution >= 0.6 is 0 Å². The van der Waals surface area contributed by atoms with Crippen molar-refractivity contribution in [2.75, 3.05) is 6.54 Å². The van der Waals surface area contributed by atoms with E-state index in [0.717, 1.165) is 6.54 Å². The van der Waals surface area contributed by atoms with Crippen LogP contribution in [0.5, 0.6) is 0 Å². The first-order valence-electron chi connectivity index (χ1n) is 3.77. The van der Waals surface area contributed by atoms with E-state index < -0.39 is 0 Å². The van der Waals surface area contributed by atoms with Crippen molar-refractivity contribution in [3.05, 3.63) is 0 Å². The zero-order chi connectivity index (χ0) is 7.98. The molecule has 0 amide bonds. The maximum atomic E-state index is 8.32. The lowest BCUT2D eigenvalue weighted by Gasteiger charge is -2.11. The second kappa shape index (κ2) is 5.25. The summed E-state index contributed by atoms with van der Waals surface area (Å²) in [5.74, 6) is 0.479. The Labute approximate surface area is 63.2 Å². The van der Waals surface area contributed by atoms with Crippen LogP contribution in [-0.4, -0.2) is 12.6 Å². The highest BCUT2D eigenvalue weighted by molar-refractivity contribution is 4.74. The van der Waals surface area contributed by atoms with Crippen LogP contribution in [0, 0.1) is 17.2 Å². The fourth-order valence-electron chi connectivity index (χ4n) is 0.665. The van der Waals surface area contributed by atoms with Gasteiger partial charge in [-0.05, 0) is 12.5 Å². The Hall–Kier alpha value is -0.550. The highest BCUT2D eigenvalue weighted by atomic mass is 14.9. The van der Waals surface area contributed by atoms with E-state index in [0.29, 0.717) is 18.4 Å². The Morgan fingerprint density at radius 2 is 2.00 bits per heavy atom. The standard InChI is InChI=1S/C8H16N2/c1-7(2)10-6-8(3)4-5-9/h7-8,10H,4,6H2,1-3H3. The molecule has 0 aliphatic carbocycles. The lowest BCUT2D eigenvalue weighted by atomic mass is 10.1. The normalized spacial score (nSPS) is 13.1. The van der Waals surface area contributed by atoms with Gasteiger partial charge >= 0.3 is 0 Å². The average Bonchev–Trinajstić information content (AvgIpc) is 1.85. The minimum absolute atomic E-state index is 0.479. The van der Waals surface area contributed by atoms with Gasteiger partial charge in [0, 0.05) is 12.5 Å². The minimum Gasteiger partial charge on any atom is -0.314 e. The molecule has 0 aliphatic rings. The zero-order valence-electron chi connectivity index (χ0n) is 7.02. The van der Waals surface area contributed by atoms with Crippen LogP contribution in [0.4, 0.5) is 0 Å². The van der Waals surface area contributed by atoms with Crippen molar-refractivity contribution >= 4 is 0 Å². The van der Waals surface area contributed by atoms with Crippen LogP contribution in [0.1, 0.15) is 27.2 Å². The summed E-state index contributed by atoms with van der Waals surface area (Å²) in [5.41, 5.74) is 0. The van der Waals surface area contributed by atoms with Gasteiger partial charge in [-0.15, -0.1) is 0 Å². The maximum absolute atomic E-state index is 8.32. The molecule has 0 radical (unpaired) electrons. The van der Waals surface area contributed by atoms with Gasteiger partial charge in [-0.2, -0.15) is 5.26 Å². The fourth-order valence-corrected chi connectivity index (χ4v) is 0.665. The van der Waals surface area contributed by atoms with Crippen LogP contribution in [0.15, 0.2) is 0 Å². The summed E-state index contributed by atoms with van der Waals surface area (Å²) in [5, 5.41) is 11.6. The first-order chi connectivity index (χ1) is 4.66. The van der Waals surface area contributed by atoms with Crippen LogP contribution in [0.3, 0.4) is 0 Å². The summed E-state index contributed by atoms with van der Waals surface area (Å²) >= 11 is 0. The van der Waals surface area contributed by atoms with Gasteiger partial charge in [0.1, 0.15) is 0 Å². The predicted octanol–water partition coefficient (Wildman–Crippen LogP) is 1.53. The fraction of sp³-hybridized carbons (Fsp3) is 0.875. The summed E-state index contributed by atoms with van der Waals surface area (Å²) in [6.07, 6.45) is 0.653. The van der Waals surface area contributed by atoms with E-state index in [1.807, 2.05) is 0 Å². The van der Waals surface area contributed by atoms with E-state index in [1.54, 1.807) is 0 Å². The molecule has 1 N–H and O–H groups in total. The Morgan fingerprint density at radius 3 is 2.40 bits per heavy atom. The van der Waals surface area contributed by atoms with E-state index in [2.05, 4.69) is 32.2 Å². The van der Waals surface area contributed by atoms with Gasteiger partial charge in [-0.1, -0.05) is 20.8 Å². The molecule has 10 heavy (non-hydrogen) atoms. The molecular formula is C8H16N2. The van der Waals surface area contributed by atoms with E-state index >= 15 is 0 Å². The molecule has 0 fully saturated rings. The highest BCUT2D eigenvalue weighted by Crippen LogP contribution is 1.97. The summed E-state index contributed by atoms with van der Waals surface area (Å²) < 4.78 is 0. The van der Waals surface area contributed by atoms with Crippen LogP contribution < -0.4 is 5.32 Å². The molecule has 0 aromatic rings. The lowest BCUT2D eigenvalue weighted by Crippen LogP contribution is -2.27. The quantitative estimate of drug-likeness (QED) is 0.643. The maximum Gasteiger partial charge on any atom is 0.0625 e. The topological polar surface area (TPSA) is 35.8 Å². The van der Waals surface area contributed by atoms with Crippen LogP contribution in [0.25, 0.3) is 0 Å². The highest BCUT2D eigenvalue weighted by Gasteiger charge is 2.00. The second-order valence-corrected chi connectivity index (χ2v) is 3.03. The minimum atomic E-state index is 0.479. The lowest BCUT2D eigenvalue weighted by molar-refractivity contribution is 0.484. The second-order valence-electron chi connectivity index (χ2n) is 3.03. The monoisotopic (exact) mass is 140 g/mol. The van der Waals surface area contributed by atoms with Gasteiger partial charge in [0.2, 0.25) is 0 Å². The van der Waals surface area contributed by atoms with Crippen LogP contribution in [0.2, 0.25) is 0 Å². The molecule has 58 valence electrons. The number of rotatable bonds is 4. The molecule has 0 aromatic carbocycles. The Morgan fingerprint density at radius 1 is 1.40 bits per heavy atom. The van der Waals surface area contributed by atoms with Crippen molar-refractivity contribution in [1.29, 1.82) is 5.26 Å². The third kappa shape index (κ3) is 5.58. The third-order valence-corrected chi connectivity index (χ3v) is 1.31. The van der Waals surface area contributed by atoms with Gasteiger partial charge in [0.15, 0.2) is 0 Å². The summed E-state index contributed by atoms with van der Waals surface area (Å²) in [6.45, 7) is 7.25.